The van der Waals surface area contributed by atoms with E-state index in [1.54, 1.807) is 35.2 Å². The molecule has 3 amide bonds. The lowest BCUT2D eigenvalue weighted by Crippen LogP contribution is -2.57. The summed E-state index contributed by atoms with van der Waals surface area (Å²) in [5.74, 6) is -1.68. The number of nitrogens with one attached hydrogen (secondary N) is 2. The van der Waals surface area contributed by atoms with Crippen molar-refractivity contribution in [1.82, 2.24) is 15.5 Å². The number of amides is 3. The summed E-state index contributed by atoms with van der Waals surface area (Å²) in [6, 6.07) is 6.13. The largest absolute Gasteiger partial charge is 0.434 e. The van der Waals surface area contributed by atoms with E-state index in [0.717, 1.165) is 0 Å². The Labute approximate surface area is 179 Å². The normalized spacial score (nSPS) is 31.3. The quantitative estimate of drug-likeness (QED) is 0.467. The number of hydrogen-bond donors (Lipinski definition) is 3. The van der Waals surface area contributed by atoms with Gasteiger partial charge in [-0.3, -0.25) is 19.2 Å². The van der Waals surface area contributed by atoms with Crippen molar-refractivity contribution in [2.75, 3.05) is 0 Å². The fraction of sp³-hybridized carbons (Fsp3) is 0.455. The highest BCUT2D eigenvalue weighted by atomic mass is 16.6. The van der Waals surface area contributed by atoms with E-state index in [1.165, 1.54) is 0 Å². The smallest absolute Gasteiger partial charge is 0.310 e. The maximum Gasteiger partial charge on any atom is 0.310 e. The van der Waals surface area contributed by atoms with Crippen LogP contribution in [0.5, 0.6) is 0 Å². The van der Waals surface area contributed by atoms with E-state index in [0.29, 0.717) is 31.2 Å². The Bertz CT molecular complexity index is 902. The van der Waals surface area contributed by atoms with Crippen molar-refractivity contribution in [2.45, 2.75) is 62.6 Å². The highest BCUT2D eigenvalue weighted by Gasteiger charge is 2.45. The van der Waals surface area contributed by atoms with Gasteiger partial charge in [-0.2, -0.15) is 0 Å². The van der Waals surface area contributed by atoms with Gasteiger partial charge in [-0.25, -0.2) is 0 Å². The van der Waals surface area contributed by atoms with Gasteiger partial charge in [-0.15, -0.1) is 0 Å². The van der Waals surface area contributed by atoms with Crippen LogP contribution in [0.2, 0.25) is 0 Å². The Morgan fingerprint density at radius 2 is 1.77 bits per heavy atom. The minimum atomic E-state index is -1.39. The van der Waals surface area contributed by atoms with Crippen molar-refractivity contribution in [3.05, 3.63) is 48.0 Å². The Kier molecular flexibility index (Phi) is 6.03. The van der Waals surface area contributed by atoms with Gasteiger partial charge in [0.2, 0.25) is 18.1 Å². The highest BCUT2D eigenvalue weighted by Crippen LogP contribution is 2.30. The van der Waals surface area contributed by atoms with E-state index in [2.05, 4.69) is 15.4 Å². The van der Waals surface area contributed by atoms with Crippen LogP contribution in [0.1, 0.15) is 42.5 Å². The van der Waals surface area contributed by atoms with E-state index in [9.17, 15) is 24.3 Å². The number of cyclic esters (lactones) is 1. The van der Waals surface area contributed by atoms with Crippen LogP contribution in [-0.4, -0.2) is 64.2 Å². The van der Waals surface area contributed by atoms with E-state index >= 15 is 0 Å². The van der Waals surface area contributed by atoms with E-state index in [-0.39, 0.29) is 24.3 Å². The van der Waals surface area contributed by atoms with Crippen molar-refractivity contribution < 1.29 is 29.0 Å². The predicted octanol–water partition coefficient (Wildman–Crippen LogP) is 0.245. The summed E-state index contributed by atoms with van der Waals surface area (Å²) in [4.78, 5) is 51.8. The van der Waals surface area contributed by atoms with E-state index < -0.39 is 36.3 Å². The van der Waals surface area contributed by atoms with Crippen molar-refractivity contribution in [3.8, 4) is 0 Å². The van der Waals surface area contributed by atoms with Crippen LogP contribution in [0.15, 0.2) is 42.5 Å². The highest BCUT2D eigenvalue weighted by molar-refractivity contribution is 5.98. The van der Waals surface area contributed by atoms with Crippen molar-refractivity contribution in [1.29, 1.82) is 0 Å². The zero-order chi connectivity index (χ0) is 22.0. The third-order valence-electron chi connectivity index (χ3n) is 5.96. The van der Waals surface area contributed by atoms with Crippen LogP contribution in [0, 0.1) is 0 Å². The third-order valence-corrected chi connectivity index (χ3v) is 5.96. The molecule has 9 nitrogen and oxygen atoms in total. The number of aliphatic hydroxyl groups is 1. The average molecular weight is 427 g/mol. The lowest BCUT2D eigenvalue weighted by molar-refractivity contribution is -0.155. The molecular weight excluding hydrogens is 402 g/mol. The minimum Gasteiger partial charge on any atom is -0.434 e. The molecular formula is C22H25N3O6. The van der Waals surface area contributed by atoms with Crippen molar-refractivity contribution in [2.24, 2.45) is 0 Å². The molecule has 0 spiro atoms. The van der Waals surface area contributed by atoms with Gasteiger partial charge in [-0.05, 0) is 37.8 Å². The molecule has 0 bridgehead atoms. The molecule has 1 aromatic rings. The molecule has 3 aliphatic heterocycles. The number of esters is 1. The summed E-state index contributed by atoms with van der Waals surface area (Å²) < 4.78 is 4.67. The van der Waals surface area contributed by atoms with Gasteiger partial charge in [0.05, 0.1) is 6.42 Å². The zero-order valence-corrected chi connectivity index (χ0v) is 16.9. The number of rotatable bonds is 4. The fourth-order valence-electron chi connectivity index (χ4n) is 4.37. The molecule has 9 heteroatoms. The monoisotopic (exact) mass is 427 g/mol. The first-order valence-electron chi connectivity index (χ1n) is 10.4. The second kappa shape index (κ2) is 8.89. The molecule has 3 N–H and O–H groups in total. The van der Waals surface area contributed by atoms with Crippen LogP contribution in [0.25, 0.3) is 0 Å². The summed E-state index contributed by atoms with van der Waals surface area (Å²) in [5.41, 5.74) is 0.452. The van der Waals surface area contributed by atoms with Gasteiger partial charge < -0.3 is 25.4 Å². The van der Waals surface area contributed by atoms with E-state index in [1.807, 2.05) is 12.2 Å². The second-order valence-electron chi connectivity index (χ2n) is 8.03. The number of carbonyl (C=O) groups excluding carboxylic acids is 4. The Morgan fingerprint density at radius 3 is 2.48 bits per heavy atom. The Hall–Kier alpha value is -3.20. The number of carbonyl (C=O) groups is 4. The maximum absolute atomic E-state index is 13.4. The van der Waals surface area contributed by atoms with Crippen LogP contribution in [-0.2, 0) is 19.1 Å². The standard InChI is InChI=1S/C22H25N3O6/c26-18-12-16(22(30)31-18)24-20(28)17-11-10-14-8-4-5-9-15(21(29)25(14)17)23-19(27)13-6-2-1-3-7-13/h1-7,14-17,22,30H,8-12H2,(H,23,27)(H,24,28)/b5-4-/t14-,15+,16?,17+,22?/m1/s1. The molecule has 0 aliphatic carbocycles. The Balaban J connectivity index is 1.49. The summed E-state index contributed by atoms with van der Waals surface area (Å²) >= 11 is 0. The van der Waals surface area contributed by atoms with Gasteiger partial charge in [0.25, 0.3) is 5.91 Å². The number of aliphatic hydroxyl groups excluding tert-OH is 1. The van der Waals surface area contributed by atoms with Crippen LogP contribution < -0.4 is 10.6 Å². The fourth-order valence-corrected chi connectivity index (χ4v) is 4.37. The number of fused-ring (bicyclic) bond motifs is 1. The first-order valence-corrected chi connectivity index (χ1v) is 10.4. The molecule has 4 rings (SSSR count). The van der Waals surface area contributed by atoms with Crippen LogP contribution in [0.4, 0.5) is 0 Å². The Morgan fingerprint density at radius 1 is 1.03 bits per heavy atom. The molecule has 2 fully saturated rings. The second-order valence-corrected chi connectivity index (χ2v) is 8.03. The molecule has 3 aliphatic rings. The van der Waals surface area contributed by atoms with Crippen molar-refractivity contribution >= 4 is 23.7 Å². The predicted molar refractivity (Wildman–Crippen MR) is 108 cm³/mol. The summed E-state index contributed by atoms with van der Waals surface area (Å²) in [6.45, 7) is 0. The molecule has 2 unspecified atom stereocenters. The van der Waals surface area contributed by atoms with Crippen LogP contribution >= 0.6 is 0 Å². The van der Waals surface area contributed by atoms with Crippen LogP contribution in [0.3, 0.4) is 0 Å². The van der Waals surface area contributed by atoms with Gasteiger partial charge in [-0.1, -0.05) is 30.4 Å². The lowest BCUT2D eigenvalue weighted by atomic mass is 10.0. The SMILES string of the molecule is O=C1CC(NC(=O)[C@@H]2CC[C@H]3C/C=C\C[C@H](NC(=O)c4ccccc4)C(=O)N32)C(O)O1. The summed E-state index contributed by atoms with van der Waals surface area (Å²) in [7, 11) is 0. The molecule has 0 saturated carbocycles. The number of benzene rings is 1. The summed E-state index contributed by atoms with van der Waals surface area (Å²) in [6.07, 6.45) is 4.42. The van der Waals surface area contributed by atoms with Crippen molar-refractivity contribution in [3.63, 3.8) is 0 Å². The minimum absolute atomic E-state index is 0.116. The average Bonchev–Trinajstić information content (AvgIpc) is 3.31. The number of hydrogen-bond acceptors (Lipinski definition) is 6. The lowest BCUT2D eigenvalue weighted by Gasteiger charge is -2.34. The molecule has 0 radical (unpaired) electrons. The zero-order valence-electron chi connectivity index (χ0n) is 16.9. The molecule has 3 heterocycles. The summed E-state index contributed by atoms with van der Waals surface area (Å²) in [5, 5.41) is 15.2. The molecule has 0 aromatic heterocycles. The first kappa shape index (κ1) is 21.0. The molecule has 5 atom stereocenters. The molecule has 1 aromatic carbocycles. The number of nitrogens with zero attached hydrogens (tertiary/aromatic N) is 1. The first-order chi connectivity index (χ1) is 14.9. The molecule has 2 saturated heterocycles. The third kappa shape index (κ3) is 4.46. The topological polar surface area (TPSA) is 125 Å². The van der Waals surface area contributed by atoms with Gasteiger partial charge in [0, 0.05) is 11.6 Å². The number of ether oxygens (including phenoxy) is 1. The van der Waals surface area contributed by atoms with Gasteiger partial charge >= 0.3 is 5.97 Å². The van der Waals surface area contributed by atoms with E-state index in [4.69, 9.17) is 0 Å². The maximum atomic E-state index is 13.4. The molecule has 164 valence electrons. The van der Waals surface area contributed by atoms with Gasteiger partial charge in [0.15, 0.2) is 0 Å². The van der Waals surface area contributed by atoms with Gasteiger partial charge in [0.1, 0.15) is 18.1 Å². The molecule has 31 heavy (non-hydrogen) atoms.